The summed E-state index contributed by atoms with van der Waals surface area (Å²) in [7, 11) is 0. The van der Waals surface area contributed by atoms with Crippen molar-refractivity contribution in [3.05, 3.63) is 34.6 Å². The standard InChI is InChI=1S/C14H17ClFNO2/c1-9(11-4-5-13(16)12(15)6-11)17(8-14(18)19)7-10-2-3-10/h4-6,9-10H,2-3,7-8H2,1H3,(H,18,19). The first kappa shape index (κ1) is 14.3. The smallest absolute Gasteiger partial charge is 0.317 e. The third kappa shape index (κ3) is 3.91. The van der Waals surface area contributed by atoms with Crippen molar-refractivity contribution in [1.29, 1.82) is 0 Å². The van der Waals surface area contributed by atoms with Gasteiger partial charge in [0.25, 0.3) is 0 Å². The number of nitrogens with zero attached hydrogens (tertiary/aromatic N) is 1. The highest BCUT2D eigenvalue weighted by atomic mass is 35.5. The van der Waals surface area contributed by atoms with Crippen molar-refractivity contribution in [2.75, 3.05) is 13.1 Å². The van der Waals surface area contributed by atoms with Crippen molar-refractivity contribution < 1.29 is 14.3 Å². The molecule has 104 valence electrons. The van der Waals surface area contributed by atoms with E-state index in [-0.39, 0.29) is 17.6 Å². The third-order valence-corrected chi connectivity index (χ3v) is 3.79. The number of hydrogen-bond acceptors (Lipinski definition) is 2. The lowest BCUT2D eigenvalue weighted by Gasteiger charge is -2.28. The zero-order chi connectivity index (χ0) is 14.0. The largest absolute Gasteiger partial charge is 0.480 e. The van der Waals surface area contributed by atoms with Gasteiger partial charge < -0.3 is 5.11 Å². The monoisotopic (exact) mass is 285 g/mol. The molecule has 0 bridgehead atoms. The summed E-state index contributed by atoms with van der Waals surface area (Å²) in [5.41, 5.74) is 0.841. The summed E-state index contributed by atoms with van der Waals surface area (Å²) < 4.78 is 13.2. The number of hydrogen-bond donors (Lipinski definition) is 1. The zero-order valence-corrected chi connectivity index (χ0v) is 11.5. The molecule has 0 radical (unpaired) electrons. The molecule has 1 unspecified atom stereocenters. The van der Waals surface area contributed by atoms with Crippen molar-refractivity contribution >= 4 is 17.6 Å². The lowest BCUT2D eigenvalue weighted by molar-refractivity contribution is -0.139. The average Bonchev–Trinajstić information content (AvgIpc) is 3.14. The molecule has 1 aromatic rings. The number of aliphatic carboxylic acids is 1. The van der Waals surface area contributed by atoms with E-state index in [9.17, 15) is 9.18 Å². The van der Waals surface area contributed by atoms with Gasteiger partial charge in [0.05, 0.1) is 11.6 Å². The molecule has 1 aliphatic rings. The van der Waals surface area contributed by atoms with Crippen molar-refractivity contribution in [2.24, 2.45) is 5.92 Å². The predicted molar refractivity (Wildman–Crippen MR) is 71.8 cm³/mol. The molecule has 3 nitrogen and oxygen atoms in total. The Balaban J connectivity index is 2.13. The van der Waals surface area contributed by atoms with Gasteiger partial charge in [0.2, 0.25) is 0 Å². The SMILES string of the molecule is CC(c1ccc(F)c(Cl)c1)N(CC(=O)O)CC1CC1. The average molecular weight is 286 g/mol. The maximum Gasteiger partial charge on any atom is 0.317 e. The minimum absolute atomic E-state index is 0.00728. The normalized spacial score (nSPS) is 16.6. The van der Waals surface area contributed by atoms with Gasteiger partial charge >= 0.3 is 5.97 Å². The van der Waals surface area contributed by atoms with Crippen molar-refractivity contribution in [2.45, 2.75) is 25.8 Å². The highest BCUT2D eigenvalue weighted by Crippen LogP contribution is 2.33. The second-order valence-electron chi connectivity index (χ2n) is 5.12. The number of carboxylic acids is 1. The summed E-state index contributed by atoms with van der Waals surface area (Å²) in [6.45, 7) is 2.68. The van der Waals surface area contributed by atoms with Gasteiger partial charge in [-0.1, -0.05) is 17.7 Å². The zero-order valence-electron chi connectivity index (χ0n) is 10.8. The summed E-state index contributed by atoms with van der Waals surface area (Å²) in [6.07, 6.45) is 2.32. The number of carboxylic acid groups (broad SMARTS) is 1. The predicted octanol–water partition coefficient (Wildman–Crippen LogP) is 3.34. The molecular formula is C14H17ClFNO2. The van der Waals surface area contributed by atoms with Gasteiger partial charge in [0.15, 0.2) is 0 Å². The topological polar surface area (TPSA) is 40.5 Å². The lowest BCUT2D eigenvalue weighted by Crippen LogP contribution is -2.34. The van der Waals surface area contributed by atoms with Gasteiger partial charge in [-0.3, -0.25) is 9.69 Å². The summed E-state index contributed by atoms with van der Waals surface area (Å²) in [5.74, 6) is -0.706. The van der Waals surface area contributed by atoms with Crippen LogP contribution in [0.25, 0.3) is 0 Å². The Labute approximate surface area is 117 Å². The highest BCUT2D eigenvalue weighted by Gasteiger charge is 2.28. The number of rotatable bonds is 6. The Kier molecular flexibility index (Phi) is 4.42. The number of halogens is 2. The molecule has 0 amide bonds. The molecule has 0 spiro atoms. The molecule has 19 heavy (non-hydrogen) atoms. The second-order valence-corrected chi connectivity index (χ2v) is 5.52. The second kappa shape index (κ2) is 5.88. The van der Waals surface area contributed by atoms with Gasteiger partial charge in [-0.25, -0.2) is 4.39 Å². The first-order valence-electron chi connectivity index (χ1n) is 6.38. The van der Waals surface area contributed by atoms with Gasteiger partial charge in [-0.2, -0.15) is 0 Å². The number of carbonyl (C=O) groups is 1. The first-order valence-corrected chi connectivity index (χ1v) is 6.76. The quantitative estimate of drug-likeness (QED) is 0.871. The Bertz CT molecular complexity index is 477. The van der Waals surface area contributed by atoms with Crippen LogP contribution in [0.15, 0.2) is 18.2 Å². The van der Waals surface area contributed by atoms with Crippen LogP contribution in [0.5, 0.6) is 0 Å². The molecule has 1 aliphatic carbocycles. The lowest BCUT2D eigenvalue weighted by atomic mass is 10.1. The minimum Gasteiger partial charge on any atom is -0.480 e. The molecule has 1 fully saturated rings. The van der Waals surface area contributed by atoms with Gasteiger partial charge in [0.1, 0.15) is 5.82 Å². The van der Waals surface area contributed by atoms with Crippen LogP contribution >= 0.6 is 11.6 Å². The summed E-state index contributed by atoms with van der Waals surface area (Å²) in [4.78, 5) is 12.8. The van der Waals surface area contributed by atoms with Crippen LogP contribution in [-0.2, 0) is 4.79 Å². The van der Waals surface area contributed by atoms with Crippen LogP contribution < -0.4 is 0 Å². The maximum absolute atomic E-state index is 13.2. The van der Waals surface area contributed by atoms with Gasteiger partial charge in [-0.05, 0) is 43.4 Å². The fraction of sp³-hybridized carbons (Fsp3) is 0.500. The molecule has 0 aliphatic heterocycles. The van der Waals surface area contributed by atoms with Crippen molar-refractivity contribution in [3.8, 4) is 0 Å². The number of benzene rings is 1. The van der Waals surface area contributed by atoms with E-state index in [1.807, 2.05) is 11.8 Å². The molecule has 5 heteroatoms. The van der Waals surface area contributed by atoms with E-state index < -0.39 is 11.8 Å². The molecule has 1 atom stereocenters. The van der Waals surface area contributed by atoms with E-state index in [4.69, 9.17) is 16.7 Å². The van der Waals surface area contributed by atoms with Gasteiger partial charge in [0, 0.05) is 12.6 Å². The summed E-state index contributed by atoms with van der Waals surface area (Å²) in [6, 6.07) is 4.47. The van der Waals surface area contributed by atoms with E-state index in [0.717, 1.165) is 24.9 Å². The Morgan fingerprint density at radius 2 is 2.26 bits per heavy atom. The molecule has 1 saturated carbocycles. The third-order valence-electron chi connectivity index (χ3n) is 3.50. The van der Waals surface area contributed by atoms with E-state index in [1.54, 1.807) is 12.1 Å². The molecular weight excluding hydrogens is 269 g/mol. The van der Waals surface area contributed by atoms with E-state index in [1.165, 1.54) is 6.07 Å². The van der Waals surface area contributed by atoms with Crippen LogP contribution in [0.1, 0.15) is 31.4 Å². The minimum atomic E-state index is -0.847. The Morgan fingerprint density at radius 1 is 1.58 bits per heavy atom. The van der Waals surface area contributed by atoms with Gasteiger partial charge in [-0.15, -0.1) is 0 Å². The van der Waals surface area contributed by atoms with E-state index in [0.29, 0.717) is 5.92 Å². The molecule has 0 aromatic heterocycles. The van der Waals surface area contributed by atoms with Crippen LogP contribution in [-0.4, -0.2) is 29.1 Å². The molecule has 2 rings (SSSR count). The molecule has 1 aromatic carbocycles. The van der Waals surface area contributed by atoms with Crippen LogP contribution in [0.3, 0.4) is 0 Å². The van der Waals surface area contributed by atoms with E-state index >= 15 is 0 Å². The van der Waals surface area contributed by atoms with Crippen LogP contribution in [0.4, 0.5) is 4.39 Å². The molecule has 0 saturated heterocycles. The molecule has 1 N–H and O–H groups in total. The Morgan fingerprint density at radius 3 is 2.79 bits per heavy atom. The maximum atomic E-state index is 13.2. The first-order chi connectivity index (χ1) is 8.97. The summed E-state index contributed by atoms with van der Waals surface area (Å²) in [5, 5.41) is 9.06. The van der Waals surface area contributed by atoms with Crippen molar-refractivity contribution in [3.63, 3.8) is 0 Å². The fourth-order valence-corrected chi connectivity index (χ4v) is 2.34. The Hall–Kier alpha value is -1.13. The van der Waals surface area contributed by atoms with E-state index in [2.05, 4.69) is 0 Å². The fourth-order valence-electron chi connectivity index (χ4n) is 2.15. The van der Waals surface area contributed by atoms with Crippen molar-refractivity contribution in [1.82, 2.24) is 4.90 Å². The van der Waals surface area contributed by atoms with Crippen LogP contribution in [0.2, 0.25) is 5.02 Å². The summed E-state index contributed by atoms with van der Waals surface area (Å²) >= 11 is 5.78. The highest BCUT2D eigenvalue weighted by molar-refractivity contribution is 6.30. The molecule has 0 heterocycles. The van der Waals surface area contributed by atoms with Crippen LogP contribution in [0, 0.1) is 11.7 Å².